The number of hydrogen-bond donors (Lipinski definition) is 1. The molecule has 2 nitrogen and oxygen atoms in total. The molecule has 84 valence electrons. The van der Waals surface area contributed by atoms with E-state index in [4.69, 9.17) is 0 Å². The van der Waals surface area contributed by atoms with E-state index in [0.29, 0.717) is 17.5 Å². The molecule has 0 saturated carbocycles. The number of piperazine rings is 1. The molecule has 2 heteroatoms. The van der Waals surface area contributed by atoms with Crippen LogP contribution in [0.5, 0.6) is 0 Å². The molecule has 0 amide bonds. The van der Waals surface area contributed by atoms with Crippen LogP contribution in [0.15, 0.2) is 0 Å². The first-order valence-corrected chi connectivity index (χ1v) is 5.76. The quantitative estimate of drug-likeness (QED) is 0.693. The first-order chi connectivity index (χ1) is 6.32. The number of nitrogens with zero attached hydrogens (tertiary/aromatic N) is 1. The smallest absolute Gasteiger partial charge is 0.0266 e. The van der Waals surface area contributed by atoms with Crippen molar-refractivity contribution in [3.8, 4) is 0 Å². The molecule has 0 bridgehead atoms. The number of likely N-dealkylation sites (N-methyl/N-ethyl adjacent to an activating group) is 1. The van der Waals surface area contributed by atoms with Crippen LogP contribution in [0.3, 0.4) is 0 Å². The van der Waals surface area contributed by atoms with Crippen molar-refractivity contribution < 1.29 is 0 Å². The van der Waals surface area contributed by atoms with Gasteiger partial charge in [-0.05, 0) is 18.4 Å². The van der Waals surface area contributed by atoms with Crippen LogP contribution in [0.1, 0.15) is 34.6 Å². The molecule has 0 radical (unpaired) electrons. The zero-order valence-corrected chi connectivity index (χ0v) is 10.6. The molecule has 1 aliphatic heterocycles. The molecule has 1 heterocycles. The molecule has 1 aliphatic rings. The fraction of sp³-hybridized carbons (Fsp3) is 1.00. The number of hydrogen-bond acceptors (Lipinski definition) is 2. The van der Waals surface area contributed by atoms with Crippen LogP contribution >= 0.6 is 0 Å². The Morgan fingerprint density at radius 3 is 2.21 bits per heavy atom. The second-order valence-corrected chi connectivity index (χ2v) is 6.08. The highest BCUT2D eigenvalue weighted by Crippen LogP contribution is 2.26. The van der Waals surface area contributed by atoms with Crippen molar-refractivity contribution in [3.05, 3.63) is 0 Å². The van der Waals surface area contributed by atoms with Crippen molar-refractivity contribution in [1.29, 1.82) is 0 Å². The monoisotopic (exact) mass is 198 g/mol. The zero-order valence-electron chi connectivity index (χ0n) is 10.6. The largest absolute Gasteiger partial charge is 0.311 e. The molecule has 0 aliphatic carbocycles. The maximum absolute atomic E-state index is 3.66. The van der Waals surface area contributed by atoms with Crippen molar-refractivity contribution in [3.63, 3.8) is 0 Å². The Morgan fingerprint density at radius 2 is 1.86 bits per heavy atom. The van der Waals surface area contributed by atoms with E-state index in [-0.39, 0.29) is 0 Å². The second kappa shape index (κ2) is 4.19. The summed E-state index contributed by atoms with van der Waals surface area (Å²) in [6, 6.07) is 1.33. The summed E-state index contributed by atoms with van der Waals surface area (Å²) in [7, 11) is 2.26. The van der Waals surface area contributed by atoms with E-state index >= 15 is 0 Å². The minimum absolute atomic E-state index is 0.379. The van der Waals surface area contributed by atoms with Crippen LogP contribution in [0.25, 0.3) is 0 Å². The average Bonchev–Trinajstić information content (AvgIpc) is 2.01. The van der Waals surface area contributed by atoms with E-state index in [1.807, 2.05) is 0 Å². The Labute approximate surface area is 89.1 Å². The van der Waals surface area contributed by atoms with Gasteiger partial charge in [-0.2, -0.15) is 0 Å². The van der Waals surface area contributed by atoms with Crippen LogP contribution in [-0.2, 0) is 0 Å². The maximum Gasteiger partial charge on any atom is 0.0266 e. The topological polar surface area (TPSA) is 15.3 Å². The average molecular weight is 198 g/mol. The molecular formula is C12H26N2. The molecule has 0 aromatic rings. The van der Waals surface area contributed by atoms with Gasteiger partial charge in [0, 0.05) is 25.2 Å². The van der Waals surface area contributed by atoms with Gasteiger partial charge in [0.1, 0.15) is 0 Å². The highest BCUT2D eigenvalue weighted by atomic mass is 15.2. The summed E-state index contributed by atoms with van der Waals surface area (Å²) in [4.78, 5) is 2.52. The van der Waals surface area contributed by atoms with Crippen molar-refractivity contribution in [2.45, 2.75) is 46.7 Å². The molecule has 2 atom stereocenters. The summed E-state index contributed by atoms with van der Waals surface area (Å²) in [6.45, 7) is 13.9. The lowest BCUT2D eigenvalue weighted by molar-refractivity contribution is 0.0684. The molecule has 14 heavy (non-hydrogen) atoms. The van der Waals surface area contributed by atoms with E-state index in [0.717, 1.165) is 12.5 Å². The first-order valence-electron chi connectivity index (χ1n) is 5.76. The molecule has 2 unspecified atom stereocenters. The Bertz CT molecular complexity index is 181. The third kappa shape index (κ3) is 2.71. The molecule has 1 rings (SSSR count). The predicted octanol–water partition coefficient (Wildman–Crippen LogP) is 1.96. The number of rotatable bonds is 1. The first kappa shape index (κ1) is 12.0. The summed E-state index contributed by atoms with van der Waals surface area (Å²) in [5.41, 5.74) is 0.379. The normalized spacial score (nSPS) is 31.1. The van der Waals surface area contributed by atoms with Crippen LogP contribution < -0.4 is 5.32 Å². The zero-order chi connectivity index (χ0) is 10.9. The van der Waals surface area contributed by atoms with Crippen molar-refractivity contribution in [1.82, 2.24) is 10.2 Å². The van der Waals surface area contributed by atoms with E-state index in [2.05, 4.69) is 51.9 Å². The summed E-state index contributed by atoms with van der Waals surface area (Å²) in [6.07, 6.45) is 0. The van der Waals surface area contributed by atoms with E-state index in [1.165, 1.54) is 6.54 Å². The maximum atomic E-state index is 3.66. The van der Waals surface area contributed by atoms with Gasteiger partial charge < -0.3 is 10.2 Å². The molecule has 1 saturated heterocycles. The van der Waals surface area contributed by atoms with E-state index in [1.54, 1.807) is 0 Å². The molecule has 1 N–H and O–H groups in total. The van der Waals surface area contributed by atoms with Gasteiger partial charge in [0.2, 0.25) is 0 Å². The SMILES string of the molecule is CC(C)C1CN(C)C(C(C)(C)C)CN1. The molecule has 0 aromatic carbocycles. The van der Waals surface area contributed by atoms with Gasteiger partial charge in [0.15, 0.2) is 0 Å². The van der Waals surface area contributed by atoms with Crippen molar-refractivity contribution in [2.75, 3.05) is 20.1 Å². The van der Waals surface area contributed by atoms with Crippen LogP contribution in [0, 0.1) is 11.3 Å². The van der Waals surface area contributed by atoms with Crippen LogP contribution in [0.4, 0.5) is 0 Å². The molecular weight excluding hydrogens is 172 g/mol. The van der Waals surface area contributed by atoms with E-state index < -0.39 is 0 Å². The third-order valence-electron chi connectivity index (χ3n) is 3.39. The Hall–Kier alpha value is -0.0800. The van der Waals surface area contributed by atoms with Gasteiger partial charge in [-0.3, -0.25) is 0 Å². The molecule has 1 fully saturated rings. The minimum Gasteiger partial charge on any atom is -0.311 e. The fourth-order valence-corrected chi connectivity index (χ4v) is 2.33. The highest BCUT2D eigenvalue weighted by Gasteiger charge is 2.33. The Balaban J connectivity index is 2.56. The second-order valence-electron chi connectivity index (χ2n) is 6.08. The highest BCUT2D eigenvalue weighted by molar-refractivity contribution is 4.91. The number of nitrogens with one attached hydrogen (secondary N) is 1. The summed E-state index contributed by atoms with van der Waals surface area (Å²) in [5.74, 6) is 0.735. The van der Waals surface area contributed by atoms with E-state index in [9.17, 15) is 0 Å². The molecule has 0 aromatic heterocycles. The van der Waals surface area contributed by atoms with Crippen LogP contribution in [0.2, 0.25) is 0 Å². The van der Waals surface area contributed by atoms with Gasteiger partial charge in [-0.1, -0.05) is 34.6 Å². The minimum atomic E-state index is 0.379. The van der Waals surface area contributed by atoms with Crippen molar-refractivity contribution >= 4 is 0 Å². The lowest BCUT2D eigenvalue weighted by Crippen LogP contribution is -2.60. The molecule has 0 spiro atoms. The Kier molecular flexibility index (Phi) is 3.59. The standard InChI is InChI=1S/C12H26N2/c1-9(2)10-8-14(6)11(7-13-10)12(3,4)5/h9-11,13H,7-8H2,1-6H3. The Morgan fingerprint density at radius 1 is 1.29 bits per heavy atom. The van der Waals surface area contributed by atoms with Gasteiger partial charge >= 0.3 is 0 Å². The predicted molar refractivity (Wildman–Crippen MR) is 62.5 cm³/mol. The van der Waals surface area contributed by atoms with Gasteiger partial charge in [-0.25, -0.2) is 0 Å². The van der Waals surface area contributed by atoms with Gasteiger partial charge in [0.05, 0.1) is 0 Å². The fourth-order valence-electron chi connectivity index (χ4n) is 2.33. The lowest BCUT2D eigenvalue weighted by Gasteiger charge is -2.45. The lowest BCUT2D eigenvalue weighted by atomic mass is 9.83. The summed E-state index contributed by atoms with van der Waals surface area (Å²) in [5, 5.41) is 3.66. The third-order valence-corrected chi connectivity index (χ3v) is 3.39. The summed E-state index contributed by atoms with van der Waals surface area (Å²) < 4.78 is 0. The summed E-state index contributed by atoms with van der Waals surface area (Å²) >= 11 is 0. The van der Waals surface area contributed by atoms with Gasteiger partial charge in [-0.15, -0.1) is 0 Å². The van der Waals surface area contributed by atoms with Crippen LogP contribution in [-0.4, -0.2) is 37.1 Å². The van der Waals surface area contributed by atoms with Crippen molar-refractivity contribution in [2.24, 2.45) is 11.3 Å². The van der Waals surface area contributed by atoms with Gasteiger partial charge in [0.25, 0.3) is 0 Å².